The number of ether oxygens (including phenoxy) is 2. The SMILES string of the molecule is CCN(CC)CCNC(=O)C1CCC2C(=O)N(Cc3ccc4c(c3)OCO4)C(=S)NC2C1. The molecule has 3 unspecified atom stereocenters. The number of nitrogens with zero attached hydrogens (tertiary/aromatic N) is 2. The van der Waals surface area contributed by atoms with E-state index in [1.807, 2.05) is 18.2 Å². The second kappa shape index (κ2) is 10.0. The number of thiocarbonyl (C=S) groups is 1. The average molecular weight is 461 g/mol. The van der Waals surface area contributed by atoms with Crippen LogP contribution in [0.5, 0.6) is 11.5 Å². The summed E-state index contributed by atoms with van der Waals surface area (Å²) >= 11 is 5.53. The van der Waals surface area contributed by atoms with Gasteiger partial charge in [0, 0.05) is 25.0 Å². The summed E-state index contributed by atoms with van der Waals surface area (Å²) in [6.45, 7) is 8.31. The second-order valence-corrected chi connectivity index (χ2v) is 8.99. The first-order valence-corrected chi connectivity index (χ1v) is 11.9. The zero-order valence-corrected chi connectivity index (χ0v) is 19.6. The molecule has 0 aromatic heterocycles. The number of carbonyl (C=O) groups excluding carboxylic acids is 2. The molecule has 1 saturated heterocycles. The number of likely N-dealkylation sites (N-methyl/N-ethyl adjacent to an activating group) is 1. The number of rotatable bonds is 8. The van der Waals surface area contributed by atoms with E-state index in [4.69, 9.17) is 21.7 Å². The predicted octanol–water partition coefficient (Wildman–Crippen LogP) is 1.87. The van der Waals surface area contributed by atoms with Crippen molar-refractivity contribution in [2.24, 2.45) is 11.8 Å². The fourth-order valence-corrected chi connectivity index (χ4v) is 5.10. The van der Waals surface area contributed by atoms with Crippen LogP contribution in [0.4, 0.5) is 0 Å². The van der Waals surface area contributed by atoms with Gasteiger partial charge in [-0.3, -0.25) is 14.5 Å². The lowest BCUT2D eigenvalue weighted by molar-refractivity contribution is -0.138. The zero-order valence-electron chi connectivity index (χ0n) is 18.8. The minimum atomic E-state index is -0.157. The summed E-state index contributed by atoms with van der Waals surface area (Å²) in [5.74, 6) is 1.28. The molecule has 32 heavy (non-hydrogen) atoms. The van der Waals surface area contributed by atoms with E-state index < -0.39 is 0 Å². The fraction of sp³-hybridized carbons (Fsp3) is 0.609. The molecule has 2 aliphatic heterocycles. The van der Waals surface area contributed by atoms with Crippen molar-refractivity contribution in [2.75, 3.05) is 33.0 Å². The number of amides is 2. The van der Waals surface area contributed by atoms with Crippen molar-refractivity contribution in [2.45, 2.75) is 45.7 Å². The first-order chi connectivity index (χ1) is 15.5. The largest absolute Gasteiger partial charge is 0.454 e. The van der Waals surface area contributed by atoms with Gasteiger partial charge in [0.1, 0.15) is 0 Å². The Balaban J connectivity index is 1.32. The summed E-state index contributed by atoms with van der Waals surface area (Å²) in [6.07, 6.45) is 2.03. The van der Waals surface area contributed by atoms with Gasteiger partial charge < -0.3 is 25.0 Å². The van der Waals surface area contributed by atoms with Gasteiger partial charge in [-0.1, -0.05) is 19.9 Å². The molecule has 1 aromatic rings. The standard InChI is InChI=1S/C23H32N4O4S/c1-3-26(4-2)10-9-24-21(28)16-6-7-17-18(12-16)25-23(32)27(22(17)29)13-15-5-8-19-20(11-15)31-14-30-19/h5,8,11,16-18H,3-4,6-7,9-10,12-14H2,1-2H3,(H,24,28)(H,25,32). The maximum atomic E-state index is 13.2. The Hall–Kier alpha value is -2.39. The van der Waals surface area contributed by atoms with E-state index in [1.165, 1.54) is 0 Å². The fourth-order valence-electron chi connectivity index (χ4n) is 4.79. The highest BCUT2D eigenvalue weighted by atomic mass is 32.1. The van der Waals surface area contributed by atoms with Crippen LogP contribution < -0.4 is 20.1 Å². The van der Waals surface area contributed by atoms with E-state index >= 15 is 0 Å². The molecule has 1 saturated carbocycles. The maximum absolute atomic E-state index is 13.2. The summed E-state index contributed by atoms with van der Waals surface area (Å²) in [6, 6.07) is 5.59. The summed E-state index contributed by atoms with van der Waals surface area (Å²) in [5.41, 5.74) is 0.937. The monoisotopic (exact) mass is 460 g/mol. The van der Waals surface area contributed by atoms with Gasteiger partial charge in [-0.25, -0.2) is 0 Å². The van der Waals surface area contributed by atoms with Crippen molar-refractivity contribution < 1.29 is 19.1 Å². The number of fused-ring (bicyclic) bond motifs is 2. The third kappa shape index (κ3) is 4.83. The average Bonchev–Trinajstić information content (AvgIpc) is 3.27. The highest BCUT2D eigenvalue weighted by Crippen LogP contribution is 2.35. The molecule has 1 aromatic carbocycles. The van der Waals surface area contributed by atoms with E-state index in [0.29, 0.717) is 42.5 Å². The van der Waals surface area contributed by atoms with E-state index in [-0.39, 0.29) is 36.5 Å². The van der Waals surface area contributed by atoms with Crippen LogP contribution in [-0.2, 0) is 16.1 Å². The molecular weight excluding hydrogens is 428 g/mol. The lowest BCUT2D eigenvalue weighted by atomic mass is 9.76. The molecule has 174 valence electrons. The van der Waals surface area contributed by atoms with Gasteiger partial charge in [-0.05, 0) is 62.3 Å². The topological polar surface area (TPSA) is 83.1 Å². The van der Waals surface area contributed by atoms with Gasteiger partial charge in [0.15, 0.2) is 16.6 Å². The first-order valence-electron chi connectivity index (χ1n) is 11.5. The van der Waals surface area contributed by atoms with Crippen molar-refractivity contribution in [1.82, 2.24) is 20.4 Å². The van der Waals surface area contributed by atoms with Crippen molar-refractivity contribution in [3.05, 3.63) is 23.8 Å². The van der Waals surface area contributed by atoms with Crippen LogP contribution in [-0.4, -0.2) is 65.7 Å². The van der Waals surface area contributed by atoms with Crippen LogP contribution in [0.1, 0.15) is 38.7 Å². The summed E-state index contributed by atoms with van der Waals surface area (Å²) in [7, 11) is 0. The van der Waals surface area contributed by atoms with E-state index in [2.05, 4.69) is 29.4 Å². The minimum Gasteiger partial charge on any atom is -0.454 e. The third-order valence-corrected chi connectivity index (χ3v) is 7.10. The van der Waals surface area contributed by atoms with Crippen molar-refractivity contribution in [3.63, 3.8) is 0 Å². The Morgan fingerprint density at radius 2 is 2.03 bits per heavy atom. The summed E-state index contributed by atoms with van der Waals surface area (Å²) in [4.78, 5) is 29.8. The molecule has 2 fully saturated rings. The molecule has 2 N–H and O–H groups in total. The van der Waals surface area contributed by atoms with Crippen LogP contribution >= 0.6 is 12.2 Å². The molecule has 9 heteroatoms. The molecule has 3 aliphatic rings. The van der Waals surface area contributed by atoms with E-state index in [0.717, 1.165) is 31.6 Å². The minimum absolute atomic E-state index is 0.0387. The predicted molar refractivity (Wildman–Crippen MR) is 124 cm³/mol. The Kier molecular flexibility index (Phi) is 7.15. The first kappa shape index (κ1) is 22.8. The summed E-state index contributed by atoms with van der Waals surface area (Å²) in [5, 5.41) is 6.84. The van der Waals surface area contributed by atoms with E-state index in [9.17, 15) is 9.59 Å². The molecule has 3 atom stereocenters. The Bertz CT molecular complexity index is 876. The van der Waals surface area contributed by atoms with Gasteiger partial charge in [-0.2, -0.15) is 0 Å². The highest BCUT2D eigenvalue weighted by Gasteiger charge is 2.44. The van der Waals surface area contributed by atoms with Gasteiger partial charge in [-0.15, -0.1) is 0 Å². The van der Waals surface area contributed by atoms with Crippen LogP contribution in [0.2, 0.25) is 0 Å². The molecule has 0 radical (unpaired) electrons. The molecule has 2 heterocycles. The lowest BCUT2D eigenvalue weighted by Crippen LogP contribution is -2.61. The van der Waals surface area contributed by atoms with Crippen molar-refractivity contribution in [3.8, 4) is 11.5 Å². The number of benzene rings is 1. The number of carbonyl (C=O) groups is 2. The molecule has 1 aliphatic carbocycles. The normalized spacial score (nSPS) is 24.3. The van der Waals surface area contributed by atoms with Crippen LogP contribution in [0.25, 0.3) is 0 Å². The van der Waals surface area contributed by atoms with Crippen molar-refractivity contribution in [1.29, 1.82) is 0 Å². The molecular formula is C23H32N4O4S. The molecule has 0 bridgehead atoms. The Morgan fingerprint density at radius 1 is 1.25 bits per heavy atom. The van der Waals surface area contributed by atoms with Crippen molar-refractivity contribution >= 4 is 29.1 Å². The molecule has 8 nitrogen and oxygen atoms in total. The molecule has 2 amide bonds. The lowest BCUT2D eigenvalue weighted by Gasteiger charge is -2.43. The van der Waals surface area contributed by atoms with Crippen LogP contribution in [0, 0.1) is 11.8 Å². The molecule has 4 rings (SSSR count). The van der Waals surface area contributed by atoms with Crippen LogP contribution in [0.3, 0.4) is 0 Å². The van der Waals surface area contributed by atoms with Gasteiger partial charge in [0.2, 0.25) is 18.6 Å². The number of hydrogen-bond donors (Lipinski definition) is 2. The van der Waals surface area contributed by atoms with Crippen LogP contribution in [0.15, 0.2) is 18.2 Å². The smallest absolute Gasteiger partial charge is 0.234 e. The number of hydrogen-bond acceptors (Lipinski definition) is 6. The maximum Gasteiger partial charge on any atom is 0.234 e. The van der Waals surface area contributed by atoms with Gasteiger partial charge >= 0.3 is 0 Å². The number of nitrogens with one attached hydrogen (secondary N) is 2. The summed E-state index contributed by atoms with van der Waals surface area (Å²) < 4.78 is 10.8. The Morgan fingerprint density at radius 3 is 2.81 bits per heavy atom. The zero-order chi connectivity index (χ0) is 22.7. The Labute approximate surface area is 194 Å². The van der Waals surface area contributed by atoms with Gasteiger partial charge in [0.05, 0.1) is 12.5 Å². The third-order valence-electron chi connectivity index (χ3n) is 6.76. The quantitative estimate of drug-likeness (QED) is 0.573. The molecule has 0 spiro atoms. The van der Waals surface area contributed by atoms with E-state index in [1.54, 1.807) is 4.90 Å². The second-order valence-electron chi connectivity index (χ2n) is 8.60. The van der Waals surface area contributed by atoms with Gasteiger partial charge in [0.25, 0.3) is 0 Å². The highest BCUT2D eigenvalue weighted by molar-refractivity contribution is 7.80.